The van der Waals surface area contributed by atoms with Crippen molar-refractivity contribution in [1.29, 1.82) is 0 Å². The van der Waals surface area contributed by atoms with Gasteiger partial charge in [-0.3, -0.25) is 4.79 Å². The summed E-state index contributed by atoms with van der Waals surface area (Å²) in [5.74, 6) is 0.804. The number of hydrogen-bond acceptors (Lipinski definition) is 3. The van der Waals surface area contributed by atoms with E-state index >= 15 is 0 Å². The van der Waals surface area contributed by atoms with Crippen molar-refractivity contribution in [1.82, 2.24) is 0 Å². The van der Waals surface area contributed by atoms with Gasteiger partial charge < -0.3 is 15.8 Å². The van der Waals surface area contributed by atoms with Crippen LogP contribution in [0.25, 0.3) is 0 Å². The van der Waals surface area contributed by atoms with Crippen LogP contribution in [0.3, 0.4) is 0 Å². The minimum absolute atomic E-state index is 0.194. The van der Waals surface area contributed by atoms with E-state index in [-0.39, 0.29) is 5.91 Å². The van der Waals surface area contributed by atoms with E-state index in [9.17, 15) is 4.79 Å². The second-order valence-corrected chi connectivity index (χ2v) is 5.49. The van der Waals surface area contributed by atoms with Crippen molar-refractivity contribution in [3.05, 3.63) is 22.7 Å². The van der Waals surface area contributed by atoms with Crippen molar-refractivity contribution in [3.8, 4) is 5.75 Å². The Bertz CT molecular complexity index is 421. The zero-order valence-electron chi connectivity index (χ0n) is 10.9. The van der Waals surface area contributed by atoms with Crippen LogP contribution in [0.15, 0.2) is 22.7 Å². The zero-order chi connectivity index (χ0) is 13.7. The smallest absolute Gasteiger partial charge is 0.241 e. The van der Waals surface area contributed by atoms with Crippen LogP contribution < -0.4 is 15.8 Å². The Morgan fingerprint density at radius 1 is 1.50 bits per heavy atom. The molecule has 0 saturated carbocycles. The highest BCUT2D eigenvalue weighted by atomic mass is 79.9. The number of carbonyl (C=O) groups is 1. The highest BCUT2D eigenvalue weighted by Gasteiger charge is 2.16. The number of nitrogens with one attached hydrogen (secondary N) is 1. The van der Waals surface area contributed by atoms with Crippen molar-refractivity contribution in [2.24, 2.45) is 11.7 Å². The maximum absolute atomic E-state index is 11.9. The topological polar surface area (TPSA) is 64.3 Å². The predicted molar refractivity (Wildman–Crippen MR) is 76.8 cm³/mol. The van der Waals surface area contributed by atoms with Gasteiger partial charge in [-0.25, -0.2) is 0 Å². The van der Waals surface area contributed by atoms with Crippen LogP contribution in [-0.2, 0) is 4.79 Å². The molecule has 0 aliphatic rings. The summed E-state index contributed by atoms with van der Waals surface area (Å²) in [4.78, 5) is 11.9. The van der Waals surface area contributed by atoms with Crippen LogP contribution in [-0.4, -0.2) is 19.1 Å². The largest absolute Gasteiger partial charge is 0.495 e. The molecule has 0 radical (unpaired) electrons. The molecule has 0 saturated heterocycles. The first kappa shape index (κ1) is 15.0. The Kier molecular flexibility index (Phi) is 5.62. The maximum Gasteiger partial charge on any atom is 0.241 e. The van der Waals surface area contributed by atoms with Gasteiger partial charge in [-0.2, -0.15) is 0 Å². The molecule has 5 heteroatoms. The van der Waals surface area contributed by atoms with Gasteiger partial charge in [0.05, 0.1) is 18.8 Å². The lowest BCUT2D eigenvalue weighted by Gasteiger charge is -2.16. The Labute approximate surface area is 116 Å². The van der Waals surface area contributed by atoms with E-state index in [4.69, 9.17) is 10.5 Å². The number of halogens is 1. The lowest BCUT2D eigenvalue weighted by atomic mass is 10.0. The monoisotopic (exact) mass is 314 g/mol. The fourth-order valence-corrected chi connectivity index (χ4v) is 1.98. The molecule has 0 aliphatic carbocycles. The molecular weight excluding hydrogens is 296 g/mol. The fourth-order valence-electron chi connectivity index (χ4n) is 1.62. The molecule has 18 heavy (non-hydrogen) atoms. The molecule has 1 aromatic rings. The standard InChI is InChI=1S/C13H19BrN2O2/c1-8(2)6-10(15)13(17)16-11-7-9(14)4-5-12(11)18-3/h4-5,7-8,10H,6,15H2,1-3H3,(H,16,17)/t10-/m1/s1. The van der Waals surface area contributed by atoms with Gasteiger partial charge in [-0.05, 0) is 30.5 Å². The number of amides is 1. The van der Waals surface area contributed by atoms with Gasteiger partial charge in [-0.15, -0.1) is 0 Å². The van der Waals surface area contributed by atoms with Crippen molar-refractivity contribution in [2.75, 3.05) is 12.4 Å². The van der Waals surface area contributed by atoms with E-state index in [2.05, 4.69) is 21.2 Å². The number of nitrogens with two attached hydrogens (primary N) is 1. The second-order valence-electron chi connectivity index (χ2n) is 4.57. The van der Waals surface area contributed by atoms with Crippen LogP contribution in [0.5, 0.6) is 5.75 Å². The maximum atomic E-state index is 11.9. The van der Waals surface area contributed by atoms with Gasteiger partial charge >= 0.3 is 0 Å². The summed E-state index contributed by atoms with van der Waals surface area (Å²) in [6, 6.07) is 4.92. The zero-order valence-corrected chi connectivity index (χ0v) is 12.5. The minimum Gasteiger partial charge on any atom is -0.495 e. The van der Waals surface area contributed by atoms with Gasteiger partial charge in [0.2, 0.25) is 5.91 Å². The molecular formula is C13H19BrN2O2. The molecule has 1 atom stereocenters. The Morgan fingerprint density at radius 2 is 2.17 bits per heavy atom. The minimum atomic E-state index is -0.506. The van der Waals surface area contributed by atoms with E-state index in [0.29, 0.717) is 23.8 Å². The number of ether oxygens (including phenoxy) is 1. The average Bonchev–Trinajstić information content (AvgIpc) is 2.28. The Balaban J connectivity index is 2.77. The number of carbonyl (C=O) groups excluding carboxylic acids is 1. The highest BCUT2D eigenvalue weighted by molar-refractivity contribution is 9.10. The Morgan fingerprint density at radius 3 is 2.72 bits per heavy atom. The summed E-state index contributed by atoms with van der Waals surface area (Å²) in [6.07, 6.45) is 0.655. The van der Waals surface area contributed by atoms with E-state index in [1.165, 1.54) is 0 Å². The normalized spacial score (nSPS) is 12.3. The number of hydrogen-bond donors (Lipinski definition) is 2. The Hall–Kier alpha value is -1.07. The lowest BCUT2D eigenvalue weighted by molar-refractivity contribution is -0.117. The third kappa shape index (κ3) is 4.31. The van der Waals surface area contributed by atoms with Crippen LogP contribution >= 0.6 is 15.9 Å². The first-order valence-corrected chi connectivity index (χ1v) is 6.63. The number of rotatable bonds is 5. The predicted octanol–water partition coefficient (Wildman–Crippen LogP) is 2.77. The second kappa shape index (κ2) is 6.75. The summed E-state index contributed by atoms with van der Waals surface area (Å²) in [7, 11) is 1.56. The van der Waals surface area contributed by atoms with Crippen LogP contribution in [0, 0.1) is 5.92 Å². The molecule has 0 fully saturated rings. The van der Waals surface area contributed by atoms with Crippen molar-refractivity contribution < 1.29 is 9.53 Å². The number of methoxy groups -OCH3 is 1. The van der Waals surface area contributed by atoms with Crippen molar-refractivity contribution in [2.45, 2.75) is 26.3 Å². The van der Waals surface area contributed by atoms with Gasteiger partial charge in [0.25, 0.3) is 0 Å². The molecule has 0 aliphatic heterocycles. The van der Waals surface area contributed by atoms with E-state index in [0.717, 1.165) is 4.47 Å². The van der Waals surface area contributed by atoms with E-state index in [1.54, 1.807) is 19.2 Å². The van der Waals surface area contributed by atoms with Crippen LogP contribution in [0.2, 0.25) is 0 Å². The molecule has 3 N–H and O–H groups in total. The quantitative estimate of drug-likeness (QED) is 0.878. The molecule has 0 bridgehead atoms. The van der Waals surface area contributed by atoms with Crippen molar-refractivity contribution in [3.63, 3.8) is 0 Å². The first-order chi connectivity index (χ1) is 8.43. The molecule has 0 spiro atoms. The molecule has 1 amide bonds. The number of benzene rings is 1. The van der Waals surface area contributed by atoms with Gasteiger partial charge in [0.1, 0.15) is 5.75 Å². The molecule has 0 unspecified atom stereocenters. The summed E-state index contributed by atoms with van der Waals surface area (Å²) in [5, 5.41) is 2.79. The molecule has 1 rings (SSSR count). The average molecular weight is 315 g/mol. The highest BCUT2D eigenvalue weighted by Crippen LogP contribution is 2.28. The van der Waals surface area contributed by atoms with Crippen molar-refractivity contribution >= 4 is 27.5 Å². The van der Waals surface area contributed by atoms with Gasteiger partial charge in [0.15, 0.2) is 0 Å². The summed E-state index contributed by atoms with van der Waals surface area (Å²) >= 11 is 3.35. The van der Waals surface area contributed by atoms with E-state index < -0.39 is 6.04 Å². The molecule has 0 heterocycles. The van der Waals surface area contributed by atoms with Crippen LogP contribution in [0.1, 0.15) is 20.3 Å². The summed E-state index contributed by atoms with van der Waals surface area (Å²) < 4.78 is 6.06. The molecule has 4 nitrogen and oxygen atoms in total. The van der Waals surface area contributed by atoms with Gasteiger partial charge in [0, 0.05) is 4.47 Å². The molecule has 1 aromatic carbocycles. The molecule has 100 valence electrons. The fraction of sp³-hybridized carbons (Fsp3) is 0.462. The third-order valence-corrected chi connectivity index (χ3v) is 2.97. The SMILES string of the molecule is COc1ccc(Br)cc1NC(=O)[C@H](N)CC(C)C. The summed E-state index contributed by atoms with van der Waals surface area (Å²) in [6.45, 7) is 4.07. The van der Waals surface area contributed by atoms with Crippen LogP contribution in [0.4, 0.5) is 5.69 Å². The summed E-state index contributed by atoms with van der Waals surface area (Å²) in [5.41, 5.74) is 6.45. The first-order valence-electron chi connectivity index (χ1n) is 5.84. The third-order valence-electron chi connectivity index (χ3n) is 2.48. The lowest BCUT2D eigenvalue weighted by Crippen LogP contribution is -2.36. The van der Waals surface area contributed by atoms with E-state index in [1.807, 2.05) is 19.9 Å². The van der Waals surface area contributed by atoms with Gasteiger partial charge in [-0.1, -0.05) is 29.8 Å². The molecule has 0 aromatic heterocycles. The number of anilines is 1.